The molecule has 10 nitrogen and oxygen atoms in total. The van der Waals surface area contributed by atoms with Crippen molar-refractivity contribution in [3.63, 3.8) is 0 Å². The first kappa shape index (κ1) is 11.8. The van der Waals surface area contributed by atoms with E-state index in [0.29, 0.717) is 17.0 Å². The van der Waals surface area contributed by atoms with Gasteiger partial charge in [0.15, 0.2) is 23.2 Å². The Hall–Kier alpha value is -2.04. The van der Waals surface area contributed by atoms with E-state index in [1.165, 1.54) is 9.25 Å². The van der Waals surface area contributed by atoms with Crippen LogP contribution in [0.1, 0.15) is 6.23 Å². The Labute approximate surface area is 111 Å². The Kier molecular flexibility index (Phi) is 2.20. The molecule has 2 aliphatic heterocycles. The summed E-state index contributed by atoms with van der Waals surface area (Å²) >= 11 is 0. The quantitative estimate of drug-likeness (QED) is 0.530. The van der Waals surface area contributed by atoms with Crippen molar-refractivity contribution in [2.45, 2.75) is 31.1 Å². The number of rotatable bonds is 1. The van der Waals surface area contributed by atoms with E-state index in [-0.39, 0.29) is 6.54 Å². The highest BCUT2D eigenvalue weighted by Gasteiger charge is 2.47. The fourth-order valence-electron chi connectivity index (χ4n) is 2.78. The van der Waals surface area contributed by atoms with Crippen molar-refractivity contribution >= 4 is 17.0 Å². The molecule has 2 bridgehead atoms. The SMILES string of the molecule is CNc1nc(=O)n2c3c1nnn3C[C@H]1O[C@@H]2[C@H](O)[C@@H]1O. The zero-order valence-electron chi connectivity index (χ0n) is 10.5. The summed E-state index contributed by atoms with van der Waals surface area (Å²) in [6, 6.07) is 0. The highest BCUT2D eigenvalue weighted by molar-refractivity contribution is 5.82. The second-order valence-corrected chi connectivity index (χ2v) is 4.85. The molecule has 2 aliphatic rings. The first-order chi connectivity index (χ1) is 9.61. The Morgan fingerprint density at radius 2 is 2.20 bits per heavy atom. The van der Waals surface area contributed by atoms with Gasteiger partial charge in [-0.05, 0) is 0 Å². The molecule has 1 saturated heterocycles. The highest BCUT2D eigenvalue weighted by Crippen LogP contribution is 2.34. The molecule has 0 radical (unpaired) electrons. The lowest BCUT2D eigenvalue weighted by molar-refractivity contribution is -0.0357. The minimum absolute atomic E-state index is 0.206. The van der Waals surface area contributed by atoms with Crippen molar-refractivity contribution in [1.29, 1.82) is 0 Å². The molecule has 2 aromatic rings. The number of hydrogen-bond donors (Lipinski definition) is 3. The molecule has 20 heavy (non-hydrogen) atoms. The maximum Gasteiger partial charge on any atom is 0.353 e. The smallest absolute Gasteiger partial charge is 0.353 e. The summed E-state index contributed by atoms with van der Waals surface area (Å²) in [7, 11) is 1.63. The van der Waals surface area contributed by atoms with Crippen LogP contribution in [0, 0.1) is 0 Å². The van der Waals surface area contributed by atoms with Gasteiger partial charge in [0.2, 0.25) is 0 Å². The maximum atomic E-state index is 12.2. The minimum atomic E-state index is -1.19. The highest BCUT2D eigenvalue weighted by atomic mass is 16.6. The van der Waals surface area contributed by atoms with Gasteiger partial charge in [0.05, 0.1) is 6.54 Å². The molecule has 0 spiro atoms. The molecule has 0 aromatic carbocycles. The first-order valence-electron chi connectivity index (χ1n) is 6.17. The van der Waals surface area contributed by atoms with E-state index >= 15 is 0 Å². The van der Waals surface area contributed by atoms with Crippen LogP contribution in [0.4, 0.5) is 5.82 Å². The number of anilines is 1. The predicted octanol–water partition coefficient (Wildman–Crippen LogP) is -2.34. The van der Waals surface area contributed by atoms with Crippen LogP contribution in [0.2, 0.25) is 0 Å². The Morgan fingerprint density at radius 3 is 2.95 bits per heavy atom. The topological polar surface area (TPSA) is 127 Å². The second kappa shape index (κ2) is 3.75. The van der Waals surface area contributed by atoms with Gasteiger partial charge in [-0.15, -0.1) is 5.10 Å². The van der Waals surface area contributed by atoms with Crippen LogP contribution >= 0.6 is 0 Å². The van der Waals surface area contributed by atoms with Gasteiger partial charge < -0.3 is 20.3 Å². The third kappa shape index (κ3) is 1.27. The van der Waals surface area contributed by atoms with Crippen LogP contribution in [0.15, 0.2) is 4.79 Å². The molecular formula is C10H12N6O4. The lowest BCUT2D eigenvalue weighted by Crippen LogP contribution is -2.39. The average Bonchev–Trinajstić information content (AvgIpc) is 2.89. The Balaban J connectivity index is 2.08. The third-order valence-corrected chi connectivity index (χ3v) is 3.76. The zero-order valence-corrected chi connectivity index (χ0v) is 10.5. The van der Waals surface area contributed by atoms with Crippen LogP contribution in [0.25, 0.3) is 11.2 Å². The summed E-state index contributed by atoms with van der Waals surface area (Å²) in [4.78, 5) is 16.1. The van der Waals surface area contributed by atoms with Gasteiger partial charge in [-0.1, -0.05) is 5.21 Å². The molecule has 4 atom stereocenters. The number of nitrogens with one attached hydrogen (secondary N) is 1. The van der Waals surface area contributed by atoms with Gasteiger partial charge in [-0.3, -0.25) is 0 Å². The Bertz CT molecular complexity index is 754. The normalized spacial score (nSPS) is 31.6. The largest absolute Gasteiger partial charge is 0.387 e. The van der Waals surface area contributed by atoms with Gasteiger partial charge >= 0.3 is 5.69 Å². The number of ether oxygens (including phenoxy) is 1. The fraction of sp³-hybridized carbons (Fsp3) is 0.600. The minimum Gasteiger partial charge on any atom is -0.387 e. The summed E-state index contributed by atoms with van der Waals surface area (Å²) < 4.78 is 8.22. The standard InChI is InChI=1S/C10H12N6O4/c1-11-7-4-8-15(14-13-4)2-3-5(17)6(18)9(20-3)16(8)10(19)12-7/h3,5-6,9,17-18H,2H2,1H3,(H,11,12,19)/t3-,5-,6-,9-/m1/s1. The van der Waals surface area contributed by atoms with Crippen molar-refractivity contribution in [2.24, 2.45) is 0 Å². The molecule has 2 aromatic heterocycles. The third-order valence-electron chi connectivity index (χ3n) is 3.76. The van der Waals surface area contributed by atoms with Crippen LogP contribution in [-0.4, -0.2) is 60.1 Å². The summed E-state index contributed by atoms with van der Waals surface area (Å²) in [6.45, 7) is 0.206. The molecule has 0 unspecified atom stereocenters. The molecule has 0 saturated carbocycles. The van der Waals surface area contributed by atoms with Crippen molar-refractivity contribution in [2.75, 3.05) is 12.4 Å². The van der Waals surface area contributed by atoms with Crippen LogP contribution in [0.3, 0.4) is 0 Å². The van der Waals surface area contributed by atoms with Gasteiger partial charge in [0, 0.05) is 7.05 Å². The molecular weight excluding hydrogens is 268 g/mol. The number of aromatic nitrogens is 5. The number of nitrogens with zero attached hydrogens (tertiary/aromatic N) is 5. The molecule has 106 valence electrons. The summed E-state index contributed by atoms with van der Waals surface area (Å²) in [5, 5.41) is 30.7. The van der Waals surface area contributed by atoms with E-state index in [0.717, 1.165) is 0 Å². The van der Waals surface area contributed by atoms with E-state index in [1.807, 2.05) is 0 Å². The number of aliphatic hydroxyl groups is 2. The monoisotopic (exact) mass is 280 g/mol. The van der Waals surface area contributed by atoms with Crippen molar-refractivity contribution < 1.29 is 14.9 Å². The lowest BCUT2D eigenvalue weighted by atomic mass is 10.1. The van der Waals surface area contributed by atoms with Gasteiger partial charge in [-0.25, -0.2) is 14.0 Å². The van der Waals surface area contributed by atoms with E-state index in [9.17, 15) is 15.0 Å². The molecule has 10 heteroatoms. The molecule has 0 amide bonds. The van der Waals surface area contributed by atoms with E-state index < -0.39 is 30.2 Å². The summed E-state index contributed by atoms with van der Waals surface area (Å²) in [5.74, 6) is 0.320. The molecule has 0 aliphatic carbocycles. The van der Waals surface area contributed by atoms with Crippen LogP contribution in [-0.2, 0) is 11.3 Å². The van der Waals surface area contributed by atoms with Crippen molar-refractivity contribution in [1.82, 2.24) is 24.5 Å². The second-order valence-electron chi connectivity index (χ2n) is 4.85. The lowest BCUT2D eigenvalue weighted by Gasteiger charge is -2.19. The van der Waals surface area contributed by atoms with Gasteiger partial charge in [0.25, 0.3) is 0 Å². The van der Waals surface area contributed by atoms with Crippen LogP contribution < -0.4 is 11.0 Å². The molecule has 4 heterocycles. The average molecular weight is 280 g/mol. The van der Waals surface area contributed by atoms with Gasteiger partial charge in [-0.2, -0.15) is 4.98 Å². The Morgan fingerprint density at radius 1 is 1.40 bits per heavy atom. The van der Waals surface area contributed by atoms with Gasteiger partial charge in [0.1, 0.15) is 18.3 Å². The zero-order chi connectivity index (χ0) is 14.0. The van der Waals surface area contributed by atoms with E-state index in [2.05, 4.69) is 20.6 Å². The fourth-order valence-corrected chi connectivity index (χ4v) is 2.78. The maximum absolute atomic E-state index is 12.2. The molecule has 1 fully saturated rings. The van der Waals surface area contributed by atoms with E-state index in [4.69, 9.17) is 4.74 Å². The number of aliphatic hydroxyl groups excluding tert-OH is 2. The first-order valence-corrected chi connectivity index (χ1v) is 6.17. The number of hydrogen-bond acceptors (Lipinski definition) is 8. The molecule has 3 N–H and O–H groups in total. The summed E-state index contributed by atoms with van der Waals surface area (Å²) in [6.07, 6.45) is -3.89. The van der Waals surface area contributed by atoms with Crippen molar-refractivity contribution in [3.05, 3.63) is 10.5 Å². The van der Waals surface area contributed by atoms with Crippen LogP contribution in [0.5, 0.6) is 0 Å². The van der Waals surface area contributed by atoms with E-state index in [1.54, 1.807) is 7.05 Å². The molecule has 4 rings (SSSR count). The summed E-state index contributed by atoms with van der Waals surface area (Å²) in [5.41, 5.74) is 0.252. The van der Waals surface area contributed by atoms with Crippen molar-refractivity contribution in [3.8, 4) is 0 Å². The number of fused-ring (bicyclic) bond motifs is 3. The predicted molar refractivity (Wildman–Crippen MR) is 65.1 cm³/mol.